The number of amides is 3. The molecule has 1 aliphatic rings. The topological polar surface area (TPSA) is 112 Å². The first-order valence-electron chi connectivity index (χ1n) is 8.46. The lowest BCUT2D eigenvalue weighted by atomic mass is 10.0. The van der Waals surface area contributed by atoms with Crippen LogP contribution in [0.1, 0.15) is 24.8 Å². The van der Waals surface area contributed by atoms with Crippen molar-refractivity contribution in [2.75, 3.05) is 17.7 Å². The molecule has 4 N–H and O–H groups in total. The van der Waals surface area contributed by atoms with Gasteiger partial charge in [0, 0.05) is 18.2 Å². The number of nitrogens with one attached hydrogen (secondary N) is 3. The number of carbonyl (C=O) groups is 2. The van der Waals surface area contributed by atoms with E-state index in [0.717, 1.165) is 17.7 Å². The van der Waals surface area contributed by atoms with Crippen molar-refractivity contribution in [3.8, 4) is 11.5 Å². The zero-order valence-electron chi connectivity index (χ0n) is 14.8. The number of urea groups is 1. The first-order chi connectivity index (χ1) is 13.0. The molecule has 0 aliphatic carbocycles. The maximum atomic E-state index is 12.3. The fraction of sp³-hybridized carbons (Fsp3) is 0.211. The molecular weight excluding hydrogens is 348 g/mol. The van der Waals surface area contributed by atoms with Crippen LogP contribution in [0.4, 0.5) is 16.2 Å². The highest BCUT2D eigenvalue weighted by atomic mass is 16.5. The van der Waals surface area contributed by atoms with Crippen molar-refractivity contribution in [1.82, 2.24) is 5.43 Å². The normalized spacial score (nSPS) is 13.8. The zero-order chi connectivity index (χ0) is 19.2. The summed E-state index contributed by atoms with van der Waals surface area (Å²) in [6.07, 6.45) is 1.85. The minimum Gasteiger partial charge on any atom is -0.508 e. The molecule has 0 aromatic heterocycles. The van der Waals surface area contributed by atoms with Crippen LogP contribution in [0.3, 0.4) is 0 Å². The van der Waals surface area contributed by atoms with Gasteiger partial charge in [0.2, 0.25) is 5.91 Å². The quantitative estimate of drug-likeness (QED) is 0.621. The van der Waals surface area contributed by atoms with Gasteiger partial charge < -0.3 is 20.5 Å². The Morgan fingerprint density at radius 2 is 2.04 bits per heavy atom. The van der Waals surface area contributed by atoms with Gasteiger partial charge in [0.15, 0.2) is 0 Å². The SMILES string of the molecule is COc1cc(O)ccc1NC(=O)Nc1cccc(C2=NNC(=O)CCC2)c1. The summed E-state index contributed by atoms with van der Waals surface area (Å²) in [7, 11) is 1.45. The van der Waals surface area contributed by atoms with Gasteiger partial charge in [-0.1, -0.05) is 12.1 Å². The standard InChI is InChI=1S/C19H20N4O4/c1-27-17-11-14(24)8-9-16(17)21-19(26)20-13-5-2-4-12(10-13)15-6-3-7-18(25)23-22-15/h2,4-5,8-11,24H,3,6-7H2,1H3,(H,23,25)(H2,20,21,26). The highest BCUT2D eigenvalue weighted by Gasteiger charge is 2.13. The summed E-state index contributed by atoms with van der Waals surface area (Å²) in [5, 5.41) is 19.1. The van der Waals surface area contributed by atoms with E-state index in [-0.39, 0.29) is 11.7 Å². The summed E-state index contributed by atoms with van der Waals surface area (Å²) in [5.74, 6) is 0.297. The average Bonchev–Trinajstić information content (AvgIpc) is 2.88. The van der Waals surface area contributed by atoms with Gasteiger partial charge in [-0.15, -0.1) is 0 Å². The molecule has 8 heteroatoms. The molecule has 1 heterocycles. The average molecular weight is 368 g/mol. The summed E-state index contributed by atoms with van der Waals surface area (Å²) in [5.41, 5.74) is 5.13. The Kier molecular flexibility index (Phi) is 5.55. The lowest BCUT2D eigenvalue weighted by Gasteiger charge is -2.12. The molecule has 0 unspecified atom stereocenters. The second kappa shape index (κ2) is 8.22. The van der Waals surface area contributed by atoms with Crippen molar-refractivity contribution in [3.63, 3.8) is 0 Å². The van der Waals surface area contributed by atoms with Crippen LogP contribution in [-0.2, 0) is 4.79 Å². The maximum Gasteiger partial charge on any atom is 0.323 e. The van der Waals surface area contributed by atoms with E-state index in [1.165, 1.54) is 19.2 Å². The number of phenolic OH excluding ortho intramolecular Hbond substituents is 1. The Hall–Kier alpha value is -3.55. The van der Waals surface area contributed by atoms with Crippen LogP contribution in [0, 0.1) is 0 Å². The van der Waals surface area contributed by atoms with E-state index in [4.69, 9.17) is 4.74 Å². The van der Waals surface area contributed by atoms with Crippen LogP contribution < -0.4 is 20.8 Å². The summed E-state index contributed by atoms with van der Waals surface area (Å²) in [6.45, 7) is 0. The van der Waals surface area contributed by atoms with Crippen LogP contribution in [-0.4, -0.2) is 29.9 Å². The number of carbonyl (C=O) groups excluding carboxylic acids is 2. The van der Waals surface area contributed by atoms with E-state index in [1.54, 1.807) is 24.3 Å². The van der Waals surface area contributed by atoms with E-state index < -0.39 is 6.03 Å². The van der Waals surface area contributed by atoms with Gasteiger partial charge in [0.25, 0.3) is 0 Å². The summed E-state index contributed by atoms with van der Waals surface area (Å²) in [4.78, 5) is 23.7. The number of benzene rings is 2. The molecule has 0 spiro atoms. The van der Waals surface area contributed by atoms with Crippen molar-refractivity contribution in [2.45, 2.75) is 19.3 Å². The Labute approximate surface area is 156 Å². The van der Waals surface area contributed by atoms with Gasteiger partial charge in [0.1, 0.15) is 11.5 Å². The first-order valence-corrected chi connectivity index (χ1v) is 8.46. The molecule has 2 aromatic carbocycles. The van der Waals surface area contributed by atoms with Crippen molar-refractivity contribution < 1.29 is 19.4 Å². The number of ether oxygens (including phenoxy) is 1. The van der Waals surface area contributed by atoms with Crippen LogP contribution in [0.2, 0.25) is 0 Å². The highest BCUT2D eigenvalue weighted by molar-refractivity contribution is 6.04. The van der Waals surface area contributed by atoms with Gasteiger partial charge in [0.05, 0.1) is 18.5 Å². The Morgan fingerprint density at radius 1 is 1.19 bits per heavy atom. The molecule has 27 heavy (non-hydrogen) atoms. The molecule has 0 saturated heterocycles. The lowest BCUT2D eigenvalue weighted by Crippen LogP contribution is -2.20. The van der Waals surface area contributed by atoms with Crippen LogP contribution >= 0.6 is 0 Å². The molecule has 0 saturated carbocycles. The molecule has 0 fully saturated rings. The van der Waals surface area contributed by atoms with Gasteiger partial charge in [-0.05, 0) is 42.7 Å². The van der Waals surface area contributed by atoms with Gasteiger partial charge in [-0.2, -0.15) is 5.10 Å². The van der Waals surface area contributed by atoms with E-state index in [0.29, 0.717) is 30.0 Å². The second-order valence-corrected chi connectivity index (χ2v) is 5.99. The third-order valence-corrected chi connectivity index (χ3v) is 4.02. The van der Waals surface area contributed by atoms with Crippen LogP contribution in [0.25, 0.3) is 0 Å². The smallest absolute Gasteiger partial charge is 0.323 e. The molecule has 3 rings (SSSR count). The summed E-state index contributed by atoms with van der Waals surface area (Å²) >= 11 is 0. The lowest BCUT2D eigenvalue weighted by molar-refractivity contribution is -0.120. The molecule has 3 amide bonds. The number of nitrogens with zero attached hydrogens (tertiary/aromatic N) is 1. The van der Waals surface area contributed by atoms with Crippen molar-refractivity contribution in [3.05, 3.63) is 48.0 Å². The zero-order valence-corrected chi connectivity index (χ0v) is 14.8. The van der Waals surface area contributed by atoms with Crippen LogP contribution in [0.15, 0.2) is 47.6 Å². The minimum absolute atomic E-state index is 0.0433. The van der Waals surface area contributed by atoms with E-state index in [1.807, 2.05) is 6.07 Å². The van der Waals surface area contributed by atoms with Gasteiger partial charge in [-0.3, -0.25) is 4.79 Å². The summed E-state index contributed by atoms with van der Waals surface area (Å²) in [6, 6.07) is 11.2. The largest absolute Gasteiger partial charge is 0.508 e. The molecule has 2 aromatic rings. The number of methoxy groups -OCH3 is 1. The monoisotopic (exact) mass is 368 g/mol. The molecule has 1 aliphatic heterocycles. The predicted octanol–water partition coefficient (Wildman–Crippen LogP) is 3.05. The third-order valence-electron chi connectivity index (χ3n) is 4.02. The number of phenols is 1. The van der Waals surface area contributed by atoms with E-state index in [9.17, 15) is 14.7 Å². The predicted molar refractivity (Wildman–Crippen MR) is 102 cm³/mol. The molecular formula is C19H20N4O4. The summed E-state index contributed by atoms with van der Waals surface area (Å²) < 4.78 is 5.14. The maximum absolute atomic E-state index is 12.3. The number of aromatic hydroxyl groups is 1. The van der Waals surface area contributed by atoms with Crippen molar-refractivity contribution in [2.24, 2.45) is 5.10 Å². The minimum atomic E-state index is -0.452. The van der Waals surface area contributed by atoms with Gasteiger partial charge >= 0.3 is 6.03 Å². The number of hydrogen-bond donors (Lipinski definition) is 4. The molecule has 8 nitrogen and oxygen atoms in total. The molecule has 0 bridgehead atoms. The third kappa shape index (κ3) is 4.75. The van der Waals surface area contributed by atoms with Crippen LogP contribution in [0.5, 0.6) is 11.5 Å². The molecule has 0 radical (unpaired) electrons. The van der Waals surface area contributed by atoms with E-state index >= 15 is 0 Å². The van der Waals surface area contributed by atoms with Crippen molar-refractivity contribution in [1.29, 1.82) is 0 Å². The number of hydrazone groups is 1. The molecule has 0 atom stereocenters. The fourth-order valence-electron chi connectivity index (χ4n) is 2.71. The number of rotatable bonds is 4. The second-order valence-electron chi connectivity index (χ2n) is 5.99. The Morgan fingerprint density at radius 3 is 2.85 bits per heavy atom. The van der Waals surface area contributed by atoms with Crippen molar-refractivity contribution >= 4 is 29.0 Å². The Balaban J connectivity index is 1.71. The number of hydrogen-bond acceptors (Lipinski definition) is 5. The number of anilines is 2. The fourth-order valence-corrected chi connectivity index (χ4v) is 2.71. The highest BCUT2D eigenvalue weighted by Crippen LogP contribution is 2.28. The molecule has 140 valence electrons. The Bertz CT molecular complexity index is 895. The van der Waals surface area contributed by atoms with Gasteiger partial charge in [-0.25, -0.2) is 10.2 Å². The van der Waals surface area contributed by atoms with E-state index in [2.05, 4.69) is 21.2 Å². The first kappa shape index (κ1) is 18.2.